The number of aromatic amines is 1. The number of aromatic nitrogens is 2. The van der Waals surface area contributed by atoms with Crippen molar-refractivity contribution in [3.63, 3.8) is 0 Å². The van der Waals surface area contributed by atoms with Crippen molar-refractivity contribution < 1.29 is 0 Å². The number of nitrogens with zero attached hydrogens (tertiary/aromatic N) is 1. The first kappa shape index (κ1) is 14.0. The summed E-state index contributed by atoms with van der Waals surface area (Å²) in [6, 6.07) is 25.3. The van der Waals surface area contributed by atoms with Crippen LogP contribution in [0.4, 0.5) is 0 Å². The SMILES string of the molecule is C=Cc1ccc(-c2nc3c4ccccc4c4ccccc4c3[nH]2)cc1. The average molecular weight is 320 g/mol. The van der Waals surface area contributed by atoms with Gasteiger partial charge in [0.2, 0.25) is 0 Å². The molecule has 4 aromatic carbocycles. The van der Waals surface area contributed by atoms with Gasteiger partial charge in [0.05, 0.1) is 11.0 Å². The summed E-state index contributed by atoms with van der Waals surface area (Å²) >= 11 is 0. The Morgan fingerprint density at radius 3 is 2.00 bits per heavy atom. The summed E-state index contributed by atoms with van der Waals surface area (Å²) in [6.07, 6.45) is 1.85. The third kappa shape index (κ3) is 2.08. The van der Waals surface area contributed by atoms with Gasteiger partial charge in [-0.3, -0.25) is 0 Å². The molecule has 0 unspecified atom stereocenters. The Morgan fingerprint density at radius 2 is 1.32 bits per heavy atom. The number of fused-ring (bicyclic) bond motifs is 6. The van der Waals surface area contributed by atoms with E-state index in [1.54, 1.807) is 0 Å². The monoisotopic (exact) mass is 320 g/mol. The van der Waals surface area contributed by atoms with Crippen molar-refractivity contribution in [2.24, 2.45) is 0 Å². The molecule has 0 bridgehead atoms. The molecule has 0 spiro atoms. The molecule has 0 aliphatic carbocycles. The summed E-state index contributed by atoms with van der Waals surface area (Å²) in [5, 5.41) is 4.88. The third-order valence-electron chi connectivity index (χ3n) is 4.79. The van der Waals surface area contributed by atoms with Crippen molar-refractivity contribution in [1.82, 2.24) is 9.97 Å². The quantitative estimate of drug-likeness (QED) is 0.387. The fourth-order valence-corrected chi connectivity index (χ4v) is 3.54. The lowest BCUT2D eigenvalue weighted by atomic mass is 10.0. The summed E-state index contributed by atoms with van der Waals surface area (Å²) in [7, 11) is 0. The molecule has 0 amide bonds. The molecule has 1 heterocycles. The summed E-state index contributed by atoms with van der Waals surface area (Å²) in [6.45, 7) is 3.81. The predicted molar refractivity (Wildman–Crippen MR) is 107 cm³/mol. The fraction of sp³-hybridized carbons (Fsp3) is 0. The molecule has 2 nitrogen and oxygen atoms in total. The topological polar surface area (TPSA) is 28.7 Å². The molecule has 0 atom stereocenters. The summed E-state index contributed by atoms with van der Waals surface area (Å²) in [5.74, 6) is 0.895. The van der Waals surface area contributed by atoms with E-state index in [9.17, 15) is 0 Å². The highest BCUT2D eigenvalue weighted by Gasteiger charge is 2.13. The average Bonchev–Trinajstić information content (AvgIpc) is 3.14. The molecule has 0 fully saturated rings. The number of nitrogens with one attached hydrogen (secondary N) is 1. The molecular formula is C23H16N2. The summed E-state index contributed by atoms with van der Waals surface area (Å²) < 4.78 is 0. The zero-order chi connectivity index (χ0) is 16.8. The molecule has 2 heteroatoms. The number of imidazole rings is 1. The maximum absolute atomic E-state index is 4.94. The molecule has 0 saturated heterocycles. The van der Waals surface area contributed by atoms with E-state index in [1.165, 1.54) is 21.5 Å². The molecular weight excluding hydrogens is 304 g/mol. The smallest absolute Gasteiger partial charge is 0.138 e. The molecule has 1 N–H and O–H groups in total. The second-order valence-electron chi connectivity index (χ2n) is 6.23. The minimum Gasteiger partial charge on any atom is -0.337 e. The lowest BCUT2D eigenvalue weighted by molar-refractivity contribution is 1.34. The van der Waals surface area contributed by atoms with Gasteiger partial charge in [-0.05, 0) is 16.3 Å². The van der Waals surface area contributed by atoms with Crippen molar-refractivity contribution >= 4 is 38.7 Å². The first-order chi connectivity index (χ1) is 12.3. The highest BCUT2D eigenvalue weighted by Crippen LogP contribution is 2.35. The molecule has 0 aliphatic rings. The van der Waals surface area contributed by atoms with E-state index in [1.807, 2.05) is 6.08 Å². The third-order valence-corrected chi connectivity index (χ3v) is 4.79. The zero-order valence-corrected chi connectivity index (χ0v) is 13.7. The van der Waals surface area contributed by atoms with Crippen LogP contribution in [0.1, 0.15) is 5.56 Å². The van der Waals surface area contributed by atoms with Gasteiger partial charge in [-0.2, -0.15) is 0 Å². The minimum absolute atomic E-state index is 0.895. The first-order valence-electron chi connectivity index (χ1n) is 8.37. The van der Waals surface area contributed by atoms with Gasteiger partial charge < -0.3 is 4.98 Å². The first-order valence-corrected chi connectivity index (χ1v) is 8.37. The molecule has 0 radical (unpaired) electrons. The van der Waals surface area contributed by atoms with E-state index < -0.39 is 0 Å². The van der Waals surface area contributed by atoms with Crippen LogP contribution in [0.2, 0.25) is 0 Å². The second kappa shape index (κ2) is 5.32. The minimum atomic E-state index is 0.895. The summed E-state index contributed by atoms with van der Waals surface area (Å²) in [4.78, 5) is 8.48. The van der Waals surface area contributed by atoms with Gasteiger partial charge in [0.25, 0.3) is 0 Å². The Balaban J connectivity index is 1.88. The number of hydrogen-bond donors (Lipinski definition) is 1. The number of H-pyrrole nitrogens is 1. The van der Waals surface area contributed by atoms with Crippen molar-refractivity contribution in [3.05, 3.63) is 84.9 Å². The Labute approximate surface area is 145 Å². The van der Waals surface area contributed by atoms with Gasteiger partial charge in [0.1, 0.15) is 5.82 Å². The van der Waals surface area contributed by atoms with Crippen LogP contribution in [0.5, 0.6) is 0 Å². The van der Waals surface area contributed by atoms with Gasteiger partial charge in [0, 0.05) is 16.3 Å². The highest BCUT2D eigenvalue weighted by molar-refractivity contribution is 6.23. The van der Waals surface area contributed by atoms with Crippen LogP contribution in [0, 0.1) is 0 Å². The predicted octanol–water partition coefficient (Wildman–Crippen LogP) is 6.18. The Morgan fingerprint density at radius 1 is 0.720 bits per heavy atom. The fourth-order valence-electron chi connectivity index (χ4n) is 3.54. The molecule has 0 saturated carbocycles. The number of benzene rings is 4. The molecule has 0 aliphatic heterocycles. The van der Waals surface area contributed by atoms with E-state index in [0.29, 0.717) is 0 Å². The lowest BCUT2D eigenvalue weighted by Gasteiger charge is -2.05. The normalized spacial score (nSPS) is 11.4. The second-order valence-corrected chi connectivity index (χ2v) is 6.23. The Hall–Kier alpha value is -3.39. The lowest BCUT2D eigenvalue weighted by Crippen LogP contribution is -1.81. The van der Waals surface area contributed by atoms with Crippen LogP contribution in [-0.4, -0.2) is 9.97 Å². The van der Waals surface area contributed by atoms with Crippen LogP contribution in [0.3, 0.4) is 0 Å². The van der Waals surface area contributed by atoms with Crippen LogP contribution in [0.15, 0.2) is 79.4 Å². The van der Waals surface area contributed by atoms with Crippen LogP contribution in [0.25, 0.3) is 50.0 Å². The largest absolute Gasteiger partial charge is 0.337 e. The highest BCUT2D eigenvalue weighted by atomic mass is 14.9. The standard InChI is InChI=1S/C23H16N2/c1-2-15-11-13-16(14-12-15)23-24-21-19-9-5-3-7-17(19)18-8-4-6-10-20(18)22(21)25-23/h2-14H,1H2,(H,24,25). The Kier molecular flexibility index (Phi) is 2.98. The van der Waals surface area contributed by atoms with E-state index >= 15 is 0 Å². The van der Waals surface area contributed by atoms with Gasteiger partial charge in [-0.15, -0.1) is 0 Å². The molecule has 1 aromatic heterocycles. The van der Waals surface area contributed by atoms with Crippen molar-refractivity contribution in [2.75, 3.05) is 0 Å². The maximum Gasteiger partial charge on any atom is 0.138 e. The molecule has 5 rings (SSSR count). The number of hydrogen-bond acceptors (Lipinski definition) is 1. The van der Waals surface area contributed by atoms with Gasteiger partial charge in [-0.25, -0.2) is 4.98 Å². The van der Waals surface area contributed by atoms with E-state index in [2.05, 4.69) is 84.4 Å². The van der Waals surface area contributed by atoms with Gasteiger partial charge >= 0.3 is 0 Å². The van der Waals surface area contributed by atoms with Crippen molar-refractivity contribution in [1.29, 1.82) is 0 Å². The number of rotatable bonds is 2. The van der Waals surface area contributed by atoms with E-state index in [4.69, 9.17) is 4.98 Å². The van der Waals surface area contributed by atoms with E-state index in [-0.39, 0.29) is 0 Å². The van der Waals surface area contributed by atoms with Crippen molar-refractivity contribution in [3.8, 4) is 11.4 Å². The summed E-state index contributed by atoms with van der Waals surface area (Å²) in [5.41, 5.74) is 4.31. The van der Waals surface area contributed by atoms with Gasteiger partial charge in [0.15, 0.2) is 0 Å². The van der Waals surface area contributed by atoms with Gasteiger partial charge in [-0.1, -0.05) is 85.5 Å². The maximum atomic E-state index is 4.94. The van der Waals surface area contributed by atoms with Crippen LogP contribution < -0.4 is 0 Å². The molecule has 5 aromatic rings. The van der Waals surface area contributed by atoms with E-state index in [0.717, 1.165) is 28.0 Å². The molecule has 25 heavy (non-hydrogen) atoms. The zero-order valence-electron chi connectivity index (χ0n) is 13.7. The van der Waals surface area contributed by atoms with Crippen molar-refractivity contribution in [2.45, 2.75) is 0 Å². The molecule has 118 valence electrons. The van der Waals surface area contributed by atoms with Crippen LogP contribution in [-0.2, 0) is 0 Å². The van der Waals surface area contributed by atoms with Crippen LogP contribution >= 0.6 is 0 Å². The Bertz CT molecular complexity index is 1170.